The van der Waals surface area contributed by atoms with Gasteiger partial charge in [-0.1, -0.05) is 19.9 Å². The third kappa shape index (κ3) is 2.86. The molecule has 0 saturated heterocycles. The maximum atomic E-state index is 10.9. The van der Waals surface area contributed by atoms with Crippen molar-refractivity contribution in [1.29, 1.82) is 0 Å². The van der Waals surface area contributed by atoms with E-state index >= 15 is 0 Å². The Labute approximate surface area is 102 Å². The molecule has 1 aliphatic heterocycles. The van der Waals surface area contributed by atoms with Crippen LogP contribution in [0.5, 0.6) is 0 Å². The highest BCUT2D eigenvalue weighted by molar-refractivity contribution is 5.87. The molecule has 0 aliphatic carbocycles. The lowest BCUT2D eigenvalue weighted by molar-refractivity contribution is 0.0696. The molecule has 0 radical (unpaired) electrons. The Morgan fingerprint density at radius 3 is 2.71 bits per heavy atom. The van der Waals surface area contributed by atoms with Gasteiger partial charge in [0.1, 0.15) is 0 Å². The lowest BCUT2D eigenvalue weighted by Gasteiger charge is -2.15. The van der Waals surface area contributed by atoms with Crippen molar-refractivity contribution in [3.63, 3.8) is 0 Å². The summed E-state index contributed by atoms with van der Waals surface area (Å²) in [7, 11) is 0. The summed E-state index contributed by atoms with van der Waals surface area (Å²) in [5.41, 5.74) is 2.85. The third-order valence-corrected chi connectivity index (χ3v) is 3.26. The van der Waals surface area contributed by atoms with Crippen LogP contribution in [0.1, 0.15) is 41.8 Å². The zero-order valence-corrected chi connectivity index (χ0v) is 10.4. The van der Waals surface area contributed by atoms with Gasteiger partial charge in [0.2, 0.25) is 0 Å². The number of aromatic carboxylic acids is 1. The summed E-state index contributed by atoms with van der Waals surface area (Å²) in [6, 6.07) is 5.47. The SMILES string of the molecule is CC(C)CCN1Cc2ccc(C(=O)O)cc2C1. The zero-order chi connectivity index (χ0) is 12.4. The second-order valence-electron chi connectivity index (χ2n) is 5.18. The van der Waals surface area contributed by atoms with Gasteiger partial charge in [0.25, 0.3) is 0 Å². The molecular formula is C14H19NO2. The highest BCUT2D eigenvalue weighted by Crippen LogP contribution is 2.24. The van der Waals surface area contributed by atoms with E-state index in [1.807, 2.05) is 12.1 Å². The van der Waals surface area contributed by atoms with E-state index in [1.165, 1.54) is 17.5 Å². The normalized spacial score (nSPS) is 15.2. The second kappa shape index (κ2) is 4.88. The van der Waals surface area contributed by atoms with Crippen molar-refractivity contribution in [3.8, 4) is 0 Å². The number of fused-ring (bicyclic) bond motifs is 1. The number of carboxylic acid groups (broad SMARTS) is 1. The third-order valence-electron chi connectivity index (χ3n) is 3.26. The molecule has 92 valence electrons. The second-order valence-corrected chi connectivity index (χ2v) is 5.18. The smallest absolute Gasteiger partial charge is 0.335 e. The lowest BCUT2D eigenvalue weighted by Crippen LogP contribution is -2.18. The minimum Gasteiger partial charge on any atom is -0.478 e. The molecule has 0 unspecified atom stereocenters. The topological polar surface area (TPSA) is 40.5 Å². The predicted molar refractivity (Wildman–Crippen MR) is 67.0 cm³/mol. The molecule has 1 heterocycles. The van der Waals surface area contributed by atoms with Crippen LogP contribution in [0.15, 0.2) is 18.2 Å². The molecule has 0 atom stereocenters. The Balaban J connectivity index is 2.04. The summed E-state index contributed by atoms with van der Waals surface area (Å²) >= 11 is 0. The van der Waals surface area contributed by atoms with Gasteiger partial charge >= 0.3 is 5.97 Å². The van der Waals surface area contributed by atoms with Crippen molar-refractivity contribution in [2.24, 2.45) is 5.92 Å². The van der Waals surface area contributed by atoms with Gasteiger partial charge in [-0.05, 0) is 42.1 Å². The highest BCUT2D eigenvalue weighted by Gasteiger charge is 2.19. The van der Waals surface area contributed by atoms with E-state index in [0.717, 1.165) is 19.6 Å². The summed E-state index contributed by atoms with van der Waals surface area (Å²) in [4.78, 5) is 13.3. The average molecular weight is 233 g/mol. The van der Waals surface area contributed by atoms with Gasteiger partial charge in [-0.3, -0.25) is 4.90 Å². The molecule has 0 fully saturated rings. The minimum atomic E-state index is -0.839. The molecule has 0 bridgehead atoms. The van der Waals surface area contributed by atoms with Crippen LogP contribution in [0.25, 0.3) is 0 Å². The van der Waals surface area contributed by atoms with E-state index < -0.39 is 5.97 Å². The van der Waals surface area contributed by atoms with Crippen LogP contribution in [-0.2, 0) is 13.1 Å². The van der Waals surface area contributed by atoms with E-state index in [-0.39, 0.29) is 0 Å². The summed E-state index contributed by atoms with van der Waals surface area (Å²) in [5.74, 6) is -0.123. The Kier molecular flexibility index (Phi) is 3.48. The van der Waals surface area contributed by atoms with Gasteiger partial charge in [0.15, 0.2) is 0 Å². The average Bonchev–Trinajstić information content (AvgIpc) is 2.67. The molecule has 2 rings (SSSR count). The standard InChI is InChI=1S/C14H19NO2/c1-10(2)5-6-15-8-12-4-3-11(14(16)17)7-13(12)9-15/h3-4,7,10H,5-6,8-9H2,1-2H3,(H,16,17). The molecule has 0 saturated carbocycles. The van der Waals surface area contributed by atoms with E-state index in [0.29, 0.717) is 11.5 Å². The van der Waals surface area contributed by atoms with Crippen LogP contribution in [0.4, 0.5) is 0 Å². The van der Waals surface area contributed by atoms with Crippen LogP contribution in [0.2, 0.25) is 0 Å². The molecule has 3 nitrogen and oxygen atoms in total. The van der Waals surface area contributed by atoms with E-state index in [4.69, 9.17) is 5.11 Å². The van der Waals surface area contributed by atoms with Gasteiger partial charge in [-0.25, -0.2) is 4.79 Å². The monoisotopic (exact) mass is 233 g/mol. The quantitative estimate of drug-likeness (QED) is 0.869. The zero-order valence-electron chi connectivity index (χ0n) is 10.4. The number of benzene rings is 1. The van der Waals surface area contributed by atoms with Crippen molar-refractivity contribution in [2.45, 2.75) is 33.4 Å². The predicted octanol–water partition coefficient (Wildman–Crippen LogP) is 2.75. The van der Waals surface area contributed by atoms with Crippen LogP contribution >= 0.6 is 0 Å². The fourth-order valence-electron chi connectivity index (χ4n) is 2.20. The largest absolute Gasteiger partial charge is 0.478 e. The van der Waals surface area contributed by atoms with E-state index in [1.54, 1.807) is 6.07 Å². The van der Waals surface area contributed by atoms with Crippen LogP contribution in [0, 0.1) is 5.92 Å². The van der Waals surface area contributed by atoms with Crippen LogP contribution < -0.4 is 0 Å². The molecule has 0 spiro atoms. The molecule has 1 aromatic rings. The molecule has 0 aromatic heterocycles. The Morgan fingerprint density at radius 1 is 1.35 bits per heavy atom. The molecule has 3 heteroatoms. The Morgan fingerprint density at radius 2 is 2.06 bits per heavy atom. The fourth-order valence-corrected chi connectivity index (χ4v) is 2.20. The van der Waals surface area contributed by atoms with Gasteiger partial charge in [0.05, 0.1) is 5.56 Å². The first-order valence-corrected chi connectivity index (χ1v) is 6.13. The first kappa shape index (κ1) is 12.1. The van der Waals surface area contributed by atoms with Gasteiger partial charge in [-0.2, -0.15) is 0 Å². The first-order chi connectivity index (χ1) is 8.06. The maximum absolute atomic E-state index is 10.9. The Bertz CT molecular complexity index is 426. The molecule has 1 aromatic carbocycles. The van der Waals surface area contributed by atoms with Crippen molar-refractivity contribution in [3.05, 3.63) is 34.9 Å². The summed E-state index contributed by atoms with van der Waals surface area (Å²) < 4.78 is 0. The number of carboxylic acids is 1. The number of hydrogen-bond donors (Lipinski definition) is 1. The number of nitrogens with zero attached hydrogens (tertiary/aromatic N) is 1. The summed E-state index contributed by atoms with van der Waals surface area (Å²) in [6.07, 6.45) is 1.19. The summed E-state index contributed by atoms with van der Waals surface area (Å²) in [5, 5.41) is 8.94. The fraction of sp³-hybridized carbons (Fsp3) is 0.500. The lowest BCUT2D eigenvalue weighted by atomic mass is 10.1. The van der Waals surface area contributed by atoms with Crippen molar-refractivity contribution >= 4 is 5.97 Å². The number of rotatable bonds is 4. The molecular weight excluding hydrogens is 214 g/mol. The van der Waals surface area contributed by atoms with Gasteiger partial charge < -0.3 is 5.11 Å². The van der Waals surface area contributed by atoms with Crippen LogP contribution in [-0.4, -0.2) is 22.5 Å². The molecule has 17 heavy (non-hydrogen) atoms. The minimum absolute atomic E-state index is 0.398. The van der Waals surface area contributed by atoms with Crippen molar-refractivity contribution in [1.82, 2.24) is 4.90 Å². The molecule has 1 N–H and O–H groups in total. The molecule has 1 aliphatic rings. The Hall–Kier alpha value is -1.35. The first-order valence-electron chi connectivity index (χ1n) is 6.13. The van der Waals surface area contributed by atoms with Gasteiger partial charge in [0, 0.05) is 13.1 Å². The van der Waals surface area contributed by atoms with E-state index in [9.17, 15) is 4.79 Å². The van der Waals surface area contributed by atoms with Gasteiger partial charge in [-0.15, -0.1) is 0 Å². The van der Waals surface area contributed by atoms with Crippen molar-refractivity contribution < 1.29 is 9.90 Å². The van der Waals surface area contributed by atoms with Crippen LogP contribution in [0.3, 0.4) is 0 Å². The van der Waals surface area contributed by atoms with Crippen molar-refractivity contribution in [2.75, 3.05) is 6.54 Å². The number of hydrogen-bond acceptors (Lipinski definition) is 2. The molecule has 0 amide bonds. The summed E-state index contributed by atoms with van der Waals surface area (Å²) in [6.45, 7) is 7.40. The number of carbonyl (C=O) groups is 1. The van der Waals surface area contributed by atoms with E-state index in [2.05, 4.69) is 18.7 Å². The highest BCUT2D eigenvalue weighted by atomic mass is 16.4. The maximum Gasteiger partial charge on any atom is 0.335 e.